The van der Waals surface area contributed by atoms with Gasteiger partial charge in [0.15, 0.2) is 0 Å². The standard InChI is InChI=1S/C15H18Cl2N2O2/c1-4-19(9-10(2)3)14(20)8-18-15(21)11-5-6-12(16)13(17)7-11/h5-7H,2,4,8-9H2,1,3H3,(H,18,21). The molecule has 1 N–H and O–H groups in total. The van der Waals surface area contributed by atoms with Crippen LogP contribution >= 0.6 is 23.2 Å². The second-order valence-corrected chi connectivity index (χ2v) is 5.49. The van der Waals surface area contributed by atoms with Gasteiger partial charge in [-0.1, -0.05) is 35.4 Å². The lowest BCUT2D eigenvalue weighted by Crippen LogP contribution is -2.40. The smallest absolute Gasteiger partial charge is 0.251 e. The highest BCUT2D eigenvalue weighted by Crippen LogP contribution is 2.22. The number of carbonyl (C=O) groups is 2. The summed E-state index contributed by atoms with van der Waals surface area (Å²) in [5.74, 6) is -0.526. The number of hydrogen-bond acceptors (Lipinski definition) is 2. The Labute approximate surface area is 134 Å². The number of halogens is 2. The highest BCUT2D eigenvalue weighted by molar-refractivity contribution is 6.42. The number of carbonyl (C=O) groups excluding carboxylic acids is 2. The molecule has 0 saturated carbocycles. The Kier molecular flexibility index (Phi) is 6.72. The van der Waals surface area contributed by atoms with Crippen LogP contribution in [0.2, 0.25) is 10.0 Å². The Morgan fingerprint density at radius 3 is 2.48 bits per heavy atom. The molecule has 0 heterocycles. The van der Waals surface area contributed by atoms with Crippen molar-refractivity contribution in [2.24, 2.45) is 0 Å². The molecule has 0 aliphatic heterocycles. The third kappa shape index (κ3) is 5.40. The fourth-order valence-corrected chi connectivity index (χ4v) is 2.01. The van der Waals surface area contributed by atoms with Crippen molar-refractivity contribution in [2.45, 2.75) is 13.8 Å². The Morgan fingerprint density at radius 1 is 1.29 bits per heavy atom. The topological polar surface area (TPSA) is 49.4 Å². The van der Waals surface area contributed by atoms with Crippen LogP contribution in [0.25, 0.3) is 0 Å². The van der Waals surface area contributed by atoms with Crippen LogP contribution < -0.4 is 5.32 Å². The molecule has 4 nitrogen and oxygen atoms in total. The predicted octanol–water partition coefficient (Wildman–Crippen LogP) is 3.15. The van der Waals surface area contributed by atoms with Gasteiger partial charge >= 0.3 is 0 Å². The van der Waals surface area contributed by atoms with Gasteiger partial charge in [-0.3, -0.25) is 9.59 Å². The zero-order valence-electron chi connectivity index (χ0n) is 12.1. The van der Waals surface area contributed by atoms with Crippen molar-refractivity contribution < 1.29 is 9.59 Å². The molecule has 114 valence electrons. The summed E-state index contributed by atoms with van der Waals surface area (Å²) in [6.45, 7) is 8.48. The average molecular weight is 329 g/mol. The van der Waals surface area contributed by atoms with Crippen LogP contribution in [0.4, 0.5) is 0 Å². The first kappa shape index (κ1) is 17.5. The number of rotatable bonds is 6. The van der Waals surface area contributed by atoms with Crippen LogP contribution in [-0.4, -0.2) is 36.3 Å². The number of likely N-dealkylation sites (N-methyl/N-ethyl adjacent to an activating group) is 1. The van der Waals surface area contributed by atoms with Crippen molar-refractivity contribution in [3.63, 3.8) is 0 Å². The fourth-order valence-electron chi connectivity index (χ4n) is 1.71. The van der Waals surface area contributed by atoms with Gasteiger partial charge in [0.05, 0.1) is 16.6 Å². The van der Waals surface area contributed by atoms with E-state index in [1.54, 1.807) is 17.0 Å². The van der Waals surface area contributed by atoms with Crippen molar-refractivity contribution in [1.82, 2.24) is 10.2 Å². The lowest BCUT2D eigenvalue weighted by atomic mass is 10.2. The molecule has 0 fully saturated rings. The van der Waals surface area contributed by atoms with Gasteiger partial charge in [0.1, 0.15) is 0 Å². The maximum Gasteiger partial charge on any atom is 0.251 e. The third-order valence-corrected chi connectivity index (χ3v) is 3.52. The normalized spacial score (nSPS) is 10.1. The molecule has 0 unspecified atom stereocenters. The quantitative estimate of drug-likeness (QED) is 0.815. The molecule has 0 aliphatic rings. The summed E-state index contributed by atoms with van der Waals surface area (Å²) in [6.07, 6.45) is 0. The van der Waals surface area contributed by atoms with Crippen molar-refractivity contribution >= 4 is 35.0 Å². The van der Waals surface area contributed by atoms with Gasteiger partial charge in [-0.2, -0.15) is 0 Å². The summed E-state index contributed by atoms with van der Waals surface area (Å²) < 4.78 is 0. The van der Waals surface area contributed by atoms with E-state index < -0.39 is 0 Å². The summed E-state index contributed by atoms with van der Waals surface area (Å²) in [7, 11) is 0. The number of hydrogen-bond donors (Lipinski definition) is 1. The van der Waals surface area contributed by atoms with E-state index in [0.29, 0.717) is 28.7 Å². The second kappa shape index (κ2) is 8.05. The lowest BCUT2D eigenvalue weighted by Gasteiger charge is -2.21. The lowest BCUT2D eigenvalue weighted by molar-refractivity contribution is -0.129. The minimum Gasteiger partial charge on any atom is -0.343 e. The molecular weight excluding hydrogens is 311 g/mol. The maximum absolute atomic E-state index is 12.0. The largest absolute Gasteiger partial charge is 0.343 e. The fraction of sp³-hybridized carbons (Fsp3) is 0.333. The minimum absolute atomic E-state index is 0.0692. The first-order valence-corrected chi connectivity index (χ1v) is 7.26. The molecule has 0 aromatic heterocycles. The van der Waals surface area contributed by atoms with Crippen LogP contribution in [0, 0.1) is 0 Å². The summed E-state index contributed by atoms with van der Waals surface area (Å²) in [6, 6.07) is 4.56. The van der Waals surface area contributed by atoms with E-state index in [0.717, 1.165) is 5.57 Å². The van der Waals surface area contributed by atoms with E-state index in [2.05, 4.69) is 11.9 Å². The third-order valence-electron chi connectivity index (χ3n) is 2.78. The van der Waals surface area contributed by atoms with Crippen molar-refractivity contribution in [2.75, 3.05) is 19.6 Å². The molecule has 1 aromatic carbocycles. The van der Waals surface area contributed by atoms with Gasteiger partial charge in [0.2, 0.25) is 5.91 Å². The van der Waals surface area contributed by atoms with Crippen LogP contribution in [0.5, 0.6) is 0 Å². The van der Waals surface area contributed by atoms with Gasteiger partial charge in [-0.05, 0) is 32.0 Å². The molecule has 0 radical (unpaired) electrons. The summed E-state index contributed by atoms with van der Waals surface area (Å²) in [4.78, 5) is 25.6. The number of benzene rings is 1. The molecule has 0 bridgehead atoms. The first-order valence-electron chi connectivity index (χ1n) is 6.50. The summed E-state index contributed by atoms with van der Waals surface area (Å²) in [5, 5.41) is 3.25. The number of amides is 2. The van der Waals surface area contributed by atoms with E-state index in [1.165, 1.54) is 6.07 Å². The van der Waals surface area contributed by atoms with Crippen molar-refractivity contribution in [3.8, 4) is 0 Å². The molecule has 1 rings (SSSR count). The van der Waals surface area contributed by atoms with E-state index in [1.807, 2.05) is 13.8 Å². The van der Waals surface area contributed by atoms with Crippen molar-refractivity contribution in [1.29, 1.82) is 0 Å². The first-order chi connectivity index (χ1) is 9.85. The molecule has 0 saturated heterocycles. The average Bonchev–Trinajstić information content (AvgIpc) is 2.44. The Morgan fingerprint density at radius 2 is 1.95 bits per heavy atom. The molecule has 0 aliphatic carbocycles. The van der Waals surface area contributed by atoms with E-state index >= 15 is 0 Å². The van der Waals surface area contributed by atoms with Gasteiger partial charge in [0.25, 0.3) is 5.91 Å². The Balaban J connectivity index is 2.61. The number of nitrogens with one attached hydrogen (secondary N) is 1. The van der Waals surface area contributed by atoms with Crippen LogP contribution in [-0.2, 0) is 4.79 Å². The van der Waals surface area contributed by atoms with Gasteiger partial charge in [0, 0.05) is 18.7 Å². The molecule has 21 heavy (non-hydrogen) atoms. The number of nitrogens with zero attached hydrogens (tertiary/aromatic N) is 1. The molecule has 0 atom stereocenters. The SMILES string of the molecule is C=C(C)CN(CC)C(=O)CNC(=O)c1ccc(Cl)c(Cl)c1. The zero-order chi connectivity index (χ0) is 16.0. The monoisotopic (exact) mass is 328 g/mol. The van der Waals surface area contributed by atoms with Crippen molar-refractivity contribution in [3.05, 3.63) is 46.0 Å². The van der Waals surface area contributed by atoms with Crippen LogP contribution in [0.3, 0.4) is 0 Å². The molecule has 1 aromatic rings. The zero-order valence-corrected chi connectivity index (χ0v) is 13.6. The summed E-state index contributed by atoms with van der Waals surface area (Å²) in [5.41, 5.74) is 1.25. The van der Waals surface area contributed by atoms with Crippen LogP contribution in [0.1, 0.15) is 24.2 Å². The molecule has 6 heteroatoms. The second-order valence-electron chi connectivity index (χ2n) is 4.68. The highest BCUT2D eigenvalue weighted by Gasteiger charge is 2.14. The molecular formula is C15H18Cl2N2O2. The molecule has 2 amide bonds. The van der Waals surface area contributed by atoms with E-state index in [4.69, 9.17) is 23.2 Å². The van der Waals surface area contributed by atoms with Crippen LogP contribution in [0.15, 0.2) is 30.4 Å². The van der Waals surface area contributed by atoms with Gasteiger partial charge in [-0.15, -0.1) is 0 Å². The Hall–Kier alpha value is -1.52. The molecule has 0 spiro atoms. The Bertz CT molecular complexity index is 559. The van der Waals surface area contributed by atoms with Gasteiger partial charge < -0.3 is 10.2 Å². The highest BCUT2D eigenvalue weighted by atomic mass is 35.5. The minimum atomic E-state index is -0.367. The van der Waals surface area contributed by atoms with E-state index in [-0.39, 0.29) is 18.4 Å². The maximum atomic E-state index is 12.0. The predicted molar refractivity (Wildman–Crippen MR) is 85.9 cm³/mol. The summed E-state index contributed by atoms with van der Waals surface area (Å²) >= 11 is 11.6. The van der Waals surface area contributed by atoms with E-state index in [9.17, 15) is 9.59 Å². The van der Waals surface area contributed by atoms with Gasteiger partial charge in [-0.25, -0.2) is 0 Å².